The van der Waals surface area contributed by atoms with Gasteiger partial charge in [-0.25, -0.2) is 0 Å². The van der Waals surface area contributed by atoms with Gasteiger partial charge in [-0.15, -0.1) is 0 Å². The molecule has 0 aliphatic carbocycles. The lowest BCUT2D eigenvalue weighted by Gasteiger charge is -2.28. The molecule has 0 radical (unpaired) electrons. The smallest absolute Gasteiger partial charge is 0.279 e. The average Bonchev–Trinajstić information content (AvgIpc) is 2.70. The predicted octanol–water partition coefficient (Wildman–Crippen LogP) is 4.20. The van der Waals surface area contributed by atoms with Crippen LogP contribution in [0.4, 0.5) is 5.82 Å². The Hall–Kier alpha value is -2.57. The van der Waals surface area contributed by atoms with Crippen LogP contribution in [0.3, 0.4) is 0 Å². The summed E-state index contributed by atoms with van der Waals surface area (Å²) < 4.78 is 1.78. The normalized spacial score (nSPS) is 15.8. The van der Waals surface area contributed by atoms with Crippen LogP contribution in [0.2, 0.25) is 5.02 Å². The summed E-state index contributed by atoms with van der Waals surface area (Å²) in [6, 6.07) is 17.3. The van der Waals surface area contributed by atoms with Crippen molar-refractivity contribution in [2.24, 2.45) is 7.05 Å². The molecule has 2 aromatic carbocycles. The Bertz CT molecular complexity index is 1100. The summed E-state index contributed by atoms with van der Waals surface area (Å²) in [6.45, 7) is 0. The molecule has 0 bridgehead atoms. The number of rotatable bonds is 4. The van der Waals surface area contributed by atoms with Gasteiger partial charge in [0.25, 0.3) is 5.56 Å². The number of aromatic nitrogens is 2. The van der Waals surface area contributed by atoms with Crippen LogP contribution in [0.5, 0.6) is 0 Å². The Morgan fingerprint density at radius 2 is 1.86 bits per heavy atom. The standard InChI is InChI=1S/C21H18ClN3O2S/c1-25-19-18(15(11-17(26)23-19)14-9-5-6-10-16(14)22)20(27)24-21(25)28-12-13-7-3-2-4-8-13/h2-10,15H,11-12H2,1H3,(H,23,26). The second-order valence-corrected chi connectivity index (χ2v) is 7.97. The number of nitrogens with one attached hydrogen (secondary N) is 1. The number of anilines is 1. The van der Waals surface area contributed by atoms with Crippen LogP contribution in [0.15, 0.2) is 64.5 Å². The Kier molecular flexibility index (Phi) is 5.24. The molecule has 0 spiro atoms. The number of carbonyl (C=O) groups excluding carboxylic acids is 1. The van der Waals surface area contributed by atoms with Crippen molar-refractivity contribution in [2.45, 2.75) is 23.2 Å². The van der Waals surface area contributed by atoms with Gasteiger partial charge in [0, 0.05) is 30.2 Å². The molecule has 7 heteroatoms. The van der Waals surface area contributed by atoms with Crippen LogP contribution >= 0.6 is 23.4 Å². The quantitative estimate of drug-likeness (QED) is 0.516. The summed E-state index contributed by atoms with van der Waals surface area (Å²) in [5, 5.41) is 3.96. The molecule has 1 aliphatic rings. The van der Waals surface area contributed by atoms with Gasteiger partial charge in [-0.2, -0.15) is 4.98 Å². The van der Waals surface area contributed by atoms with E-state index in [9.17, 15) is 9.59 Å². The van der Waals surface area contributed by atoms with Gasteiger partial charge in [0.1, 0.15) is 5.82 Å². The molecule has 1 N–H and O–H groups in total. The number of nitrogens with zero attached hydrogens (tertiary/aromatic N) is 2. The van der Waals surface area contributed by atoms with Crippen LogP contribution < -0.4 is 10.9 Å². The lowest BCUT2D eigenvalue weighted by atomic mass is 9.87. The molecule has 0 saturated carbocycles. The van der Waals surface area contributed by atoms with Crippen LogP contribution in [0.25, 0.3) is 0 Å². The minimum Gasteiger partial charge on any atom is -0.312 e. The van der Waals surface area contributed by atoms with Crippen molar-refractivity contribution in [3.05, 3.63) is 86.7 Å². The molecule has 1 aliphatic heterocycles. The topological polar surface area (TPSA) is 64.0 Å². The number of hydrogen-bond acceptors (Lipinski definition) is 4. The number of thioether (sulfide) groups is 1. The largest absolute Gasteiger partial charge is 0.312 e. The summed E-state index contributed by atoms with van der Waals surface area (Å²) in [4.78, 5) is 29.6. The van der Waals surface area contributed by atoms with E-state index in [0.29, 0.717) is 27.3 Å². The molecule has 1 atom stereocenters. The second kappa shape index (κ2) is 7.81. The molecule has 2 heterocycles. The van der Waals surface area contributed by atoms with E-state index in [1.807, 2.05) is 55.6 Å². The molecular formula is C21H18ClN3O2S. The fourth-order valence-corrected chi connectivity index (χ4v) is 4.60. The molecule has 5 nitrogen and oxygen atoms in total. The first-order valence-corrected chi connectivity index (χ1v) is 10.2. The van der Waals surface area contributed by atoms with Crippen molar-refractivity contribution in [3.63, 3.8) is 0 Å². The van der Waals surface area contributed by atoms with Crippen LogP contribution in [0.1, 0.15) is 29.0 Å². The number of carbonyl (C=O) groups is 1. The number of fused-ring (bicyclic) bond motifs is 1. The average molecular weight is 412 g/mol. The minimum absolute atomic E-state index is 0.141. The highest BCUT2D eigenvalue weighted by Gasteiger charge is 2.33. The number of amides is 1. The summed E-state index contributed by atoms with van der Waals surface area (Å²) in [5.41, 5.74) is 2.06. The second-order valence-electron chi connectivity index (χ2n) is 6.62. The van der Waals surface area contributed by atoms with E-state index < -0.39 is 5.92 Å². The van der Waals surface area contributed by atoms with E-state index in [1.165, 1.54) is 11.8 Å². The summed E-state index contributed by atoms with van der Waals surface area (Å²) >= 11 is 7.81. The molecule has 4 rings (SSSR count). The molecule has 3 aromatic rings. The first-order chi connectivity index (χ1) is 13.5. The van der Waals surface area contributed by atoms with E-state index in [4.69, 9.17) is 11.6 Å². The van der Waals surface area contributed by atoms with Crippen molar-refractivity contribution in [1.82, 2.24) is 9.55 Å². The van der Waals surface area contributed by atoms with E-state index in [-0.39, 0.29) is 17.9 Å². The lowest BCUT2D eigenvalue weighted by molar-refractivity contribution is -0.116. The molecule has 0 fully saturated rings. The fourth-order valence-electron chi connectivity index (χ4n) is 3.41. The van der Waals surface area contributed by atoms with Crippen molar-refractivity contribution >= 4 is 35.1 Å². The highest BCUT2D eigenvalue weighted by molar-refractivity contribution is 7.98. The number of halogens is 1. The van der Waals surface area contributed by atoms with E-state index in [2.05, 4.69) is 10.3 Å². The Morgan fingerprint density at radius 3 is 2.61 bits per heavy atom. The molecule has 142 valence electrons. The number of benzene rings is 2. The van der Waals surface area contributed by atoms with Crippen molar-refractivity contribution in [2.75, 3.05) is 5.32 Å². The maximum Gasteiger partial charge on any atom is 0.279 e. The molecule has 28 heavy (non-hydrogen) atoms. The first-order valence-electron chi connectivity index (χ1n) is 8.86. The maximum absolute atomic E-state index is 12.9. The van der Waals surface area contributed by atoms with Crippen LogP contribution in [0, 0.1) is 0 Å². The predicted molar refractivity (Wildman–Crippen MR) is 112 cm³/mol. The summed E-state index contributed by atoms with van der Waals surface area (Å²) in [6.07, 6.45) is 0.171. The molecule has 1 aromatic heterocycles. The molecule has 1 amide bonds. The maximum atomic E-state index is 12.9. The van der Waals surface area contributed by atoms with Crippen molar-refractivity contribution in [1.29, 1.82) is 0 Å². The van der Waals surface area contributed by atoms with E-state index >= 15 is 0 Å². The van der Waals surface area contributed by atoms with Gasteiger partial charge in [-0.05, 0) is 17.2 Å². The minimum atomic E-state index is -0.406. The van der Waals surface area contributed by atoms with Gasteiger partial charge in [0.05, 0.1) is 5.56 Å². The van der Waals surface area contributed by atoms with Gasteiger partial charge in [0.2, 0.25) is 5.91 Å². The third kappa shape index (κ3) is 3.57. The fraction of sp³-hybridized carbons (Fsp3) is 0.190. The Balaban J connectivity index is 1.75. The molecular weight excluding hydrogens is 394 g/mol. The molecule has 0 saturated heterocycles. The van der Waals surface area contributed by atoms with E-state index in [0.717, 1.165) is 11.1 Å². The summed E-state index contributed by atoms with van der Waals surface area (Å²) in [7, 11) is 1.81. The Labute approximate surface area is 171 Å². The van der Waals surface area contributed by atoms with Crippen molar-refractivity contribution in [3.8, 4) is 0 Å². The van der Waals surface area contributed by atoms with Gasteiger partial charge in [0.15, 0.2) is 5.16 Å². The van der Waals surface area contributed by atoms with Crippen LogP contribution in [-0.4, -0.2) is 15.5 Å². The monoisotopic (exact) mass is 411 g/mol. The zero-order valence-electron chi connectivity index (χ0n) is 15.2. The van der Waals surface area contributed by atoms with Gasteiger partial charge in [-0.1, -0.05) is 71.9 Å². The Morgan fingerprint density at radius 1 is 1.14 bits per heavy atom. The number of hydrogen-bond donors (Lipinski definition) is 1. The molecule has 1 unspecified atom stereocenters. The third-order valence-electron chi connectivity index (χ3n) is 4.79. The zero-order chi connectivity index (χ0) is 19.7. The first kappa shape index (κ1) is 18.8. The van der Waals surface area contributed by atoms with Gasteiger partial charge in [-0.3, -0.25) is 9.59 Å². The summed E-state index contributed by atoms with van der Waals surface area (Å²) in [5.74, 6) is 0.633. The van der Waals surface area contributed by atoms with Crippen molar-refractivity contribution < 1.29 is 4.79 Å². The highest BCUT2D eigenvalue weighted by Crippen LogP contribution is 2.38. The lowest BCUT2D eigenvalue weighted by Crippen LogP contribution is -2.33. The van der Waals surface area contributed by atoms with Gasteiger partial charge < -0.3 is 9.88 Å². The zero-order valence-corrected chi connectivity index (χ0v) is 16.8. The van der Waals surface area contributed by atoms with Gasteiger partial charge >= 0.3 is 0 Å². The SMILES string of the molecule is Cn1c(SCc2ccccc2)nc(=O)c2c1NC(=O)CC2c1ccccc1Cl. The van der Waals surface area contributed by atoms with Crippen LogP contribution in [-0.2, 0) is 17.6 Å². The van der Waals surface area contributed by atoms with E-state index in [1.54, 1.807) is 10.6 Å². The third-order valence-corrected chi connectivity index (χ3v) is 6.24. The highest BCUT2D eigenvalue weighted by atomic mass is 35.5.